The van der Waals surface area contributed by atoms with Crippen LogP contribution in [-0.4, -0.2) is 0 Å². The molecular weight excluding hydrogens is 555 g/mol. The first-order valence-electron chi connectivity index (χ1n) is 15.5. The lowest BCUT2D eigenvalue weighted by Crippen LogP contribution is -2.25. The fourth-order valence-electron chi connectivity index (χ4n) is 7.56. The molecule has 0 saturated heterocycles. The van der Waals surface area contributed by atoms with Crippen LogP contribution in [0.2, 0.25) is 0 Å². The van der Waals surface area contributed by atoms with E-state index < -0.39 is 7.14 Å². The van der Waals surface area contributed by atoms with Crippen molar-refractivity contribution in [3.63, 3.8) is 0 Å². The van der Waals surface area contributed by atoms with E-state index in [4.69, 9.17) is 4.42 Å². The highest BCUT2D eigenvalue weighted by Gasteiger charge is 2.40. The number of hydrogen-bond acceptors (Lipinski definition) is 2. The minimum Gasteiger partial charge on any atom is -0.455 e. The second kappa shape index (κ2) is 10.2. The van der Waals surface area contributed by atoms with Gasteiger partial charge in [0.05, 0.1) is 5.30 Å². The Balaban J connectivity index is 1.31. The predicted molar refractivity (Wildman–Crippen MR) is 185 cm³/mol. The van der Waals surface area contributed by atoms with Gasteiger partial charge < -0.3 is 8.98 Å². The number of para-hydroxylation sites is 1. The van der Waals surface area contributed by atoms with E-state index in [9.17, 15) is 0 Å². The van der Waals surface area contributed by atoms with Crippen LogP contribution in [0.1, 0.15) is 37.8 Å². The van der Waals surface area contributed by atoms with Crippen molar-refractivity contribution >= 4 is 45.0 Å². The van der Waals surface area contributed by atoms with Crippen molar-refractivity contribution in [2.75, 3.05) is 0 Å². The molecule has 8 rings (SSSR count). The maximum atomic E-state index is 15.3. The fraction of sp³-hybridized carbons (Fsp3) is 0.122. The zero-order chi connectivity index (χ0) is 29.9. The molecule has 7 aromatic rings. The van der Waals surface area contributed by atoms with Gasteiger partial charge in [0.25, 0.3) is 0 Å². The third-order valence-corrected chi connectivity index (χ3v) is 12.9. The monoisotopic (exact) mass is 588 g/mol. The molecule has 1 aromatic heterocycles. The maximum absolute atomic E-state index is 15.3. The lowest BCUT2D eigenvalue weighted by atomic mass is 9.73. The normalized spacial score (nSPS) is 13.7. The molecule has 0 atom stereocenters. The first kappa shape index (κ1) is 26.9. The summed E-state index contributed by atoms with van der Waals surface area (Å²) in [5, 5.41) is 4.35. The summed E-state index contributed by atoms with van der Waals surface area (Å²) in [6, 6.07) is 48.0. The van der Waals surface area contributed by atoms with Crippen LogP contribution in [-0.2, 0) is 9.98 Å². The second-order valence-electron chi connectivity index (χ2n) is 11.8. The third kappa shape index (κ3) is 3.77. The minimum atomic E-state index is -3.20. The Morgan fingerprint density at radius 1 is 0.568 bits per heavy atom. The number of rotatable bonds is 6. The van der Waals surface area contributed by atoms with Crippen molar-refractivity contribution in [1.29, 1.82) is 0 Å². The molecule has 0 N–H and O–H groups in total. The Hall–Kier alpha value is -4.65. The van der Waals surface area contributed by atoms with Crippen LogP contribution in [0.5, 0.6) is 0 Å². The molecular formula is C41H33O2P. The molecule has 2 nitrogen and oxygen atoms in total. The predicted octanol–water partition coefficient (Wildman–Crippen LogP) is 9.98. The average Bonchev–Trinajstić information content (AvgIpc) is 3.61. The SMILES string of the molecule is CCC1(CC)c2ccccc2-c2ccc(-c3ccc4oc5c(P(=O)(c6ccccc6)c6ccccc6)cccc5c4c3)cc21. The molecule has 1 heterocycles. The third-order valence-electron chi connectivity index (χ3n) is 9.86. The molecule has 6 aromatic carbocycles. The van der Waals surface area contributed by atoms with E-state index in [0.717, 1.165) is 50.7 Å². The molecule has 0 fully saturated rings. The van der Waals surface area contributed by atoms with Gasteiger partial charge in [-0.1, -0.05) is 129 Å². The Morgan fingerprint density at radius 3 is 1.89 bits per heavy atom. The van der Waals surface area contributed by atoms with Crippen LogP contribution in [0.3, 0.4) is 0 Å². The van der Waals surface area contributed by atoms with E-state index in [2.05, 4.69) is 80.6 Å². The Bertz CT molecular complexity index is 2180. The van der Waals surface area contributed by atoms with E-state index in [1.807, 2.05) is 72.8 Å². The Labute approximate surface area is 258 Å². The molecule has 0 spiro atoms. The standard InChI is InChI=1S/C41H33O2P/c1-3-41(4-2)36-20-12-11-18-32(36)33-24-22-29(27-37(33)41)28-23-25-38-35(26-28)34-19-13-21-39(40(34)43-38)44(42,30-14-7-5-8-15-30)31-16-9-6-10-17-31/h5-27H,3-4H2,1-2H3. The summed E-state index contributed by atoms with van der Waals surface area (Å²) < 4.78 is 21.8. The van der Waals surface area contributed by atoms with Gasteiger partial charge in [-0.05, 0) is 70.5 Å². The van der Waals surface area contributed by atoms with Crippen molar-refractivity contribution in [3.8, 4) is 22.3 Å². The lowest BCUT2D eigenvalue weighted by Gasteiger charge is -2.30. The van der Waals surface area contributed by atoms with E-state index in [-0.39, 0.29) is 5.41 Å². The van der Waals surface area contributed by atoms with Gasteiger partial charge in [-0.2, -0.15) is 0 Å². The van der Waals surface area contributed by atoms with Crippen molar-refractivity contribution < 1.29 is 8.98 Å². The van der Waals surface area contributed by atoms with Crippen molar-refractivity contribution in [1.82, 2.24) is 0 Å². The molecule has 214 valence electrons. The van der Waals surface area contributed by atoms with E-state index >= 15 is 4.57 Å². The topological polar surface area (TPSA) is 30.2 Å². The Kier molecular flexibility index (Phi) is 6.26. The summed E-state index contributed by atoms with van der Waals surface area (Å²) in [6.45, 7) is 4.62. The van der Waals surface area contributed by atoms with Crippen LogP contribution in [0, 0.1) is 0 Å². The molecule has 1 aliphatic carbocycles. The summed E-state index contributed by atoms with van der Waals surface area (Å²) in [5.41, 5.74) is 9.46. The average molecular weight is 589 g/mol. The smallest absolute Gasteiger partial charge is 0.174 e. The van der Waals surface area contributed by atoms with Crippen molar-refractivity contribution in [2.45, 2.75) is 32.1 Å². The van der Waals surface area contributed by atoms with Gasteiger partial charge >= 0.3 is 0 Å². The molecule has 0 unspecified atom stereocenters. The number of hydrogen-bond donors (Lipinski definition) is 0. The molecule has 0 saturated carbocycles. The summed E-state index contributed by atoms with van der Waals surface area (Å²) in [5.74, 6) is 0. The molecule has 44 heavy (non-hydrogen) atoms. The quantitative estimate of drug-likeness (QED) is 0.181. The molecule has 0 amide bonds. The highest BCUT2D eigenvalue weighted by molar-refractivity contribution is 7.85. The van der Waals surface area contributed by atoms with Crippen molar-refractivity contribution in [3.05, 3.63) is 151 Å². The van der Waals surface area contributed by atoms with Gasteiger partial charge in [0, 0.05) is 26.8 Å². The van der Waals surface area contributed by atoms with Gasteiger partial charge in [-0.25, -0.2) is 0 Å². The summed E-state index contributed by atoms with van der Waals surface area (Å²) >= 11 is 0. The second-order valence-corrected chi connectivity index (χ2v) is 14.6. The minimum absolute atomic E-state index is 0.0271. The van der Waals surface area contributed by atoms with E-state index in [0.29, 0.717) is 5.58 Å². The molecule has 3 heteroatoms. The molecule has 0 aliphatic heterocycles. The highest BCUT2D eigenvalue weighted by Crippen LogP contribution is 2.53. The summed E-state index contributed by atoms with van der Waals surface area (Å²) in [7, 11) is -3.20. The van der Waals surface area contributed by atoms with Crippen LogP contribution in [0.4, 0.5) is 0 Å². The van der Waals surface area contributed by atoms with Crippen LogP contribution < -0.4 is 15.9 Å². The van der Waals surface area contributed by atoms with Gasteiger partial charge in [-0.15, -0.1) is 0 Å². The van der Waals surface area contributed by atoms with Crippen molar-refractivity contribution in [2.24, 2.45) is 0 Å². The number of furan rings is 1. The molecule has 1 aliphatic rings. The van der Waals surface area contributed by atoms with Gasteiger partial charge in [0.15, 0.2) is 7.14 Å². The van der Waals surface area contributed by atoms with Crippen LogP contribution >= 0.6 is 7.14 Å². The lowest BCUT2D eigenvalue weighted by molar-refractivity contribution is 0.490. The molecule has 0 radical (unpaired) electrons. The highest BCUT2D eigenvalue weighted by atomic mass is 31.2. The first-order chi connectivity index (χ1) is 21.6. The van der Waals surface area contributed by atoms with E-state index in [1.165, 1.54) is 27.8 Å². The fourth-order valence-corrected chi connectivity index (χ4v) is 10.3. The summed E-state index contributed by atoms with van der Waals surface area (Å²) in [6.07, 6.45) is 2.13. The van der Waals surface area contributed by atoms with Gasteiger partial charge in [-0.3, -0.25) is 0 Å². The van der Waals surface area contributed by atoms with Crippen LogP contribution in [0.25, 0.3) is 44.2 Å². The largest absolute Gasteiger partial charge is 0.455 e. The van der Waals surface area contributed by atoms with Crippen LogP contribution in [0.15, 0.2) is 144 Å². The molecule has 0 bridgehead atoms. The zero-order valence-electron chi connectivity index (χ0n) is 25.0. The van der Waals surface area contributed by atoms with Gasteiger partial charge in [0.1, 0.15) is 11.2 Å². The maximum Gasteiger partial charge on any atom is 0.174 e. The van der Waals surface area contributed by atoms with Gasteiger partial charge in [0.2, 0.25) is 0 Å². The van der Waals surface area contributed by atoms with E-state index in [1.54, 1.807) is 0 Å². The zero-order valence-corrected chi connectivity index (χ0v) is 25.9. The first-order valence-corrected chi connectivity index (χ1v) is 17.2. The summed E-state index contributed by atoms with van der Waals surface area (Å²) in [4.78, 5) is 0. The Morgan fingerprint density at radius 2 is 1.18 bits per heavy atom. The number of benzene rings is 6. The number of fused-ring (bicyclic) bond motifs is 6.